The number of likely N-dealkylation sites (N-methyl/N-ethyl adjacent to an activating group) is 2. The van der Waals surface area contributed by atoms with E-state index in [0.29, 0.717) is 11.2 Å². The number of hydrogen-bond donors (Lipinski definition) is 1. The van der Waals surface area contributed by atoms with Crippen molar-refractivity contribution in [1.82, 2.24) is 25.0 Å². The van der Waals surface area contributed by atoms with Crippen molar-refractivity contribution in [2.75, 3.05) is 27.2 Å². The Morgan fingerprint density at radius 3 is 2.58 bits per heavy atom. The van der Waals surface area contributed by atoms with Gasteiger partial charge < -0.3 is 10.2 Å². The largest absolute Gasteiger partial charge is 0.434 e. The number of pyridine rings is 1. The molecule has 2 rings (SSSR count). The summed E-state index contributed by atoms with van der Waals surface area (Å²) in [5.41, 5.74) is -1.76. The molecule has 0 bridgehead atoms. The Kier molecular flexibility index (Phi) is 9.36. The van der Waals surface area contributed by atoms with Crippen LogP contribution in [0, 0.1) is 0 Å². The molecule has 0 unspecified atom stereocenters. The quantitative estimate of drug-likeness (QED) is 0.786. The van der Waals surface area contributed by atoms with Crippen LogP contribution in [0.4, 0.5) is 13.2 Å². The Hall–Kier alpha value is -1.55. The molecule has 0 aromatic carbocycles. The zero-order valence-corrected chi connectivity index (χ0v) is 16.1. The maximum absolute atomic E-state index is 13.5. The lowest BCUT2D eigenvalue weighted by molar-refractivity contribution is -0.143. The number of carbonyl (C=O) groups is 1. The molecular weight excluding hydrogens is 418 g/mol. The van der Waals surface area contributed by atoms with E-state index in [1.54, 1.807) is 7.05 Å². The summed E-state index contributed by atoms with van der Waals surface area (Å²) in [6, 6.07) is 2.88. The van der Waals surface area contributed by atoms with Gasteiger partial charge in [0.25, 0.3) is 5.91 Å². The summed E-state index contributed by atoms with van der Waals surface area (Å²) in [7, 11) is 3.10. The van der Waals surface area contributed by atoms with Gasteiger partial charge in [0.1, 0.15) is 0 Å². The molecule has 1 N–H and O–H groups in total. The summed E-state index contributed by atoms with van der Waals surface area (Å²) in [5.74, 6) is -0.973. The lowest BCUT2D eigenvalue weighted by Crippen LogP contribution is -2.34. The van der Waals surface area contributed by atoms with E-state index in [0.717, 1.165) is 6.20 Å². The summed E-state index contributed by atoms with van der Waals surface area (Å²) in [5, 5.41) is 6.50. The molecule has 0 atom stereocenters. The van der Waals surface area contributed by atoms with Crippen LogP contribution in [0.2, 0.25) is 5.02 Å². The fourth-order valence-electron chi connectivity index (χ4n) is 2.06. The van der Waals surface area contributed by atoms with Crippen molar-refractivity contribution in [3.63, 3.8) is 0 Å². The van der Waals surface area contributed by atoms with Gasteiger partial charge >= 0.3 is 6.18 Å². The van der Waals surface area contributed by atoms with Gasteiger partial charge in [0.2, 0.25) is 0 Å². The van der Waals surface area contributed by atoms with Crippen LogP contribution in [0.1, 0.15) is 16.1 Å². The first-order valence-corrected chi connectivity index (χ1v) is 7.31. The van der Waals surface area contributed by atoms with Gasteiger partial charge in [0.15, 0.2) is 11.5 Å². The minimum Gasteiger partial charge on any atom is -0.340 e. The summed E-state index contributed by atoms with van der Waals surface area (Å²) < 4.78 is 41.1. The van der Waals surface area contributed by atoms with Crippen LogP contribution < -0.4 is 5.32 Å². The highest BCUT2D eigenvalue weighted by atomic mass is 35.5. The Bertz CT molecular complexity index is 739. The van der Waals surface area contributed by atoms with Crippen molar-refractivity contribution >= 4 is 42.3 Å². The van der Waals surface area contributed by atoms with E-state index in [9.17, 15) is 18.0 Å². The maximum Gasteiger partial charge on any atom is 0.434 e. The van der Waals surface area contributed by atoms with Gasteiger partial charge in [-0.2, -0.15) is 18.3 Å². The number of carbonyl (C=O) groups excluding carboxylic acids is 1. The molecule has 0 saturated heterocycles. The molecule has 0 fully saturated rings. The zero-order chi connectivity index (χ0) is 17.9. The van der Waals surface area contributed by atoms with Gasteiger partial charge in [0.05, 0.1) is 16.8 Å². The highest BCUT2D eigenvalue weighted by molar-refractivity contribution is 6.32. The predicted octanol–water partition coefficient (Wildman–Crippen LogP) is 3.07. The molecule has 12 heteroatoms. The second-order valence-corrected chi connectivity index (χ2v) is 5.36. The summed E-state index contributed by atoms with van der Waals surface area (Å²) in [6.45, 7) is 0.700. The third-order valence-corrected chi connectivity index (χ3v) is 3.55. The molecule has 0 radical (unpaired) electrons. The number of hydrogen-bond acceptors (Lipinski definition) is 4. The summed E-state index contributed by atoms with van der Waals surface area (Å²) in [6.07, 6.45) is -2.62. The molecule has 26 heavy (non-hydrogen) atoms. The molecule has 0 aliphatic carbocycles. The van der Waals surface area contributed by atoms with Crippen molar-refractivity contribution in [2.45, 2.75) is 6.18 Å². The molecule has 0 saturated carbocycles. The number of halogens is 6. The molecule has 0 spiro atoms. The van der Waals surface area contributed by atoms with Crippen molar-refractivity contribution in [1.29, 1.82) is 0 Å². The van der Waals surface area contributed by atoms with Crippen molar-refractivity contribution in [3.8, 4) is 5.82 Å². The first-order chi connectivity index (χ1) is 11.3. The lowest BCUT2D eigenvalue weighted by Gasteiger charge is -2.18. The predicted molar refractivity (Wildman–Crippen MR) is 96.8 cm³/mol. The second-order valence-electron chi connectivity index (χ2n) is 4.96. The summed E-state index contributed by atoms with van der Waals surface area (Å²) >= 11 is 5.91. The van der Waals surface area contributed by atoms with Gasteiger partial charge in [-0.05, 0) is 19.2 Å². The molecular formula is C14H17Cl3F3N5O. The SMILES string of the molecule is CNCCN(C)C(=O)c1cnn(-c2ncccc2Cl)c1C(F)(F)F.Cl.Cl. The standard InChI is InChI=1S/C14H15ClF3N5O.2ClH/c1-19-6-7-22(2)13(24)9-8-21-23(11(9)14(16,17)18)12-10(15)4-3-5-20-12;;/h3-5,8,19H,6-7H2,1-2H3;2*1H. The van der Waals surface area contributed by atoms with Crippen LogP contribution in [0.3, 0.4) is 0 Å². The van der Waals surface area contributed by atoms with E-state index in [1.807, 2.05) is 0 Å². The topological polar surface area (TPSA) is 63.1 Å². The second kappa shape index (κ2) is 9.96. The minimum absolute atomic E-state index is 0. The smallest absolute Gasteiger partial charge is 0.340 e. The van der Waals surface area contributed by atoms with Crippen LogP contribution in [0.15, 0.2) is 24.5 Å². The molecule has 2 heterocycles. The van der Waals surface area contributed by atoms with E-state index in [-0.39, 0.29) is 42.2 Å². The number of amides is 1. The van der Waals surface area contributed by atoms with E-state index < -0.39 is 23.3 Å². The van der Waals surface area contributed by atoms with Crippen LogP contribution in [-0.2, 0) is 6.18 Å². The van der Waals surface area contributed by atoms with Gasteiger partial charge in [-0.25, -0.2) is 9.67 Å². The number of alkyl halides is 3. The maximum atomic E-state index is 13.5. The molecule has 1 amide bonds. The van der Waals surface area contributed by atoms with E-state index in [4.69, 9.17) is 11.6 Å². The number of nitrogens with zero attached hydrogens (tertiary/aromatic N) is 4. The average molecular weight is 435 g/mol. The lowest BCUT2D eigenvalue weighted by atomic mass is 10.2. The van der Waals surface area contributed by atoms with E-state index in [2.05, 4.69) is 15.4 Å². The van der Waals surface area contributed by atoms with Gasteiger partial charge in [-0.15, -0.1) is 24.8 Å². The molecule has 6 nitrogen and oxygen atoms in total. The van der Waals surface area contributed by atoms with Crippen LogP contribution in [-0.4, -0.2) is 52.8 Å². The van der Waals surface area contributed by atoms with Gasteiger partial charge in [0, 0.05) is 26.3 Å². The molecule has 2 aromatic rings. The van der Waals surface area contributed by atoms with Gasteiger partial charge in [-0.1, -0.05) is 11.6 Å². The van der Waals surface area contributed by atoms with Crippen molar-refractivity contribution in [2.24, 2.45) is 0 Å². The molecule has 146 valence electrons. The highest BCUT2D eigenvalue weighted by Gasteiger charge is 2.41. The first kappa shape index (κ1) is 24.5. The van der Waals surface area contributed by atoms with Crippen LogP contribution >= 0.6 is 36.4 Å². The van der Waals surface area contributed by atoms with Crippen LogP contribution in [0.5, 0.6) is 0 Å². The van der Waals surface area contributed by atoms with Crippen molar-refractivity contribution < 1.29 is 18.0 Å². The summed E-state index contributed by atoms with van der Waals surface area (Å²) in [4.78, 5) is 17.4. The molecule has 0 aliphatic rings. The van der Waals surface area contributed by atoms with Crippen molar-refractivity contribution in [3.05, 3.63) is 40.8 Å². The van der Waals surface area contributed by atoms with Gasteiger partial charge in [-0.3, -0.25) is 4.79 Å². The fourth-order valence-corrected chi connectivity index (χ4v) is 2.26. The number of aromatic nitrogens is 3. The zero-order valence-electron chi connectivity index (χ0n) is 13.7. The Morgan fingerprint density at radius 1 is 1.38 bits per heavy atom. The Labute approximate surface area is 165 Å². The number of nitrogens with one attached hydrogen (secondary N) is 1. The highest BCUT2D eigenvalue weighted by Crippen LogP contribution is 2.34. The van der Waals surface area contributed by atoms with E-state index >= 15 is 0 Å². The Morgan fingerprint density at radius 2 is 2.04 bits per heavy atom. The third kappa shape index (κ3) is 5.23. The van der Waals surface area contributed by atoms with Crippen LogP contribution in [0.25, 0.3) is 5.82 Å². The minimum atomic E-state index is -4.80. The monoisotopic (exact) mass is 433 g/mol. The van der Waals surface area contributed by atoms with E-state index in [1.165, 1.54) is 30.3 Å². The normalized spacial score (nSPS) is 10.7. The third-order valence-electron chi connectivity index (χ3n) is 3.25. The fraction of sp³-hybridized carbons (Fsp3) is 0.357. The Balaban J connectivity index is 0.00000312. The first-order valence-electron chi connectivity index (χ1n) is 6.93. The average Bonchev–Trinajstić information content (AvgIpc) is 2.97. The molecule has 0 aliphatic heterocycles. The molecule has 2 aromatic heterocycles. The number of rotatable bonds is 5.